The zero-order valence-corrected chi connectivity index (χ0v) is 10.9. The van der Waals surface area contributed by atoms with Crippen LogP contribution in [0.5, 0.6) is 0 Å². The van der Waals surface area contributed by atoms with E-state index in [4.69, 9.17) is 0 Å². The molecule has 18 heavy (non-hydrogen) atoms. The van der Waals surface area contributed by atoms with Crippen molar-refractivity contribution in [3.63, 3.8) is 0 Å². The lowest BCUT2D eigenvalue weighted by atomic mass is 10.1. The standard InChI is InChI=1S/C11H22N4O3/c1-12-6-8(16)7-15-10(17)5-4-9(13-2)11(18)14-3/h8-9,13,16H,1,4-7H2,2-3H3,(H,14,18)(H,15,17). The average Bonchev–Trinajstić information content (AvgIpc) is 2.37. The second-order valence-electron chi connectivity index (χ2n) is 3.86. The molecule has 0 bridgehead atoms. The van der Waals surface area contributed by atoms with Crippen LogP contribution in [0.25, 0.3) is 0 Å². The summed E-state index contributed by atoms with van der Waals surface area (Å²) >= 11 is 0. The minimum atomic E-state index is -0.717. The van der Waals surface area contributed by atoms with Gasteiger partial charge in [-0.25, -0.2) is 0 Å². The molecule has 0 aliphatic rings. The fourth-order valence-electron chi connectivity index (χ4n) is 1.39. The number of aliphatic hydroxyl groups excluding tert-OH is 1. The monoisotopic (exact) mass is 258 g/mol. The molecular formula is C11H22N4O3. The first kappa shape index (κ1) is 16.5. The van der Waals surface area contributed by atoms with Crippen molar-refractivity contribution < 1.29 is 14.7 Å². The number of likely N-dealkylation sites (N-methyl/N-ethyl adjacent to an activating group) is 2. The van der Waals surface area contributed by atoms with Crippen molar-refractivity contribution in [1.82, 2.24) is 16.0 Å². The van der Waals surface area contributed by atoms with E-state index in [1.807, 2.05) is 0 Å². The Labute approximate surface area is 107 Å². The van der Waals surface area contributed by atoms with Crippen molar-refractivity contribution in [3.05, 3.63) is 0 Å². The van der Waals surface area contributed by atoms with Crippen LogP contribution in [0.4, 0.5) is 0 Å². The Hall–Kier alpha value is -1.47. The van der Waals surface area contributed by atoms with E-state index in [9.17, 15) is 14.7 Å². The Morgan fingerprint density at radius 3 is 2.56 bits per heavy atom. The zero-order valence-electron chi connectivity index (χ0n) is 10.9. The van der Waals surface area contributed by atoms with Crippen molar-refractivity contribution in [2.75, 3.05) is 27.2 Å². The molecule has 0 fully saturated rings. The lowest BCUT2D eigenvalue weighted by molar-refractivity contribution is -0.123. The Kier molecular flexibility index (Phi) is 8.77. The third-order valence-electron chi connectivity index (χ3n) is 2.45. The summed E-state index contributed by atoms with van der Waals surface area (Å²) in [5.74, 6) is -0.358. The molecule has 2 amide bonds. The van der Waals surface area contributed by atoms with Crippen molar-refractivity contribution >= 4 is 18.5 Å². The quantitative estimate of drug-likeness (QED) is 0.369. The highest BCUT2D eigenvalue weighted by atomic mass is 16.3. The summed E-state index contributed by atoms with van der Waals surface area (Å²) in [5.41, 5.74) is 0. The van der Waals surface area contributed by atoms with Gasteiger partial charge in [0.2, 0.25) is 11.8 Å². The number of hydrogen-bond acceptors (Lipinski definition) is 5. The average molecular weight is 258 g/mol. The number of hydrogen-bond donors (Lipinski definition) is 4. The van der Waals surface area contributed by atoms with Gasteiger partial charge in [0.15, 0.2) is 0 Å². The van der Waals surface area contributed by atoms with Gasteiger partial charge in [0, 0.05) is 20.0 Å². The van der Waals surface area contributed by atoms with Gasteiger partial charge in [-0.2, -0.15) is 0 Å². The molecule has 0 aromatic rings. The van der Waals surface area contributed by atoms with Gasteiger partial charge in [-0.15, -0.1) is 0 Å². The molecule has 2 atom stereocenters. The molecule has 0 aromatic carbocycles. The molecule has 7 nitrogen and oxygen atoms in total. The first-order chi connectivity index (χ1) is 8.54. The maximum Gasteiger partial charge on any atom is 0.236 e. The third-order valence-corrected chi connectivity index (χ3v) is 2.45. The van der Waals surface area contributed by atoms with Gasteiger partial charge in [-0.1, -0.05) is 0 Å². The number of rotatable bonds is 9. The summed E-state index contributed by atoms with van der Waals surface area (Å²) < 4.78 is 0. The molecule has 0 rings (SSSR count). The SMILES string of the molecule is C=NCC(O)CNC(=O)CCC(NC)C(=O)NC. The summed E-state index contributed by atoms with van der Waals surface area (Å²) in [5, 5.41) is 17.2. The maximum atomic E-state index is 11.5. The zero-order chi connectivity index (χ0) is 14.0. The molecule has 4 N–H and O–H groups in total. The van der Waals surface area contributed by atoms with E-state index in [0.717, 1.165) is 0 Å². The first-order valence-corrected chi connectivity index (χ1v) is 5.81. The Balaban J connectivity index is 3.87. The number of carbonyl (C=O) groups excluding carboxylic acids is 2. The number of nitrogens with zero attached hydrogens (tertiary/aromatic N) is 1. The molecule has 104 valence electrons. The van der Waals surface area contributed by atoms with Crippen LogP contribution in [0.3, 0.4) is 0 Å². The molecule has 0 aliphatic heterocycles. The van der Waals surface area contributed by atoms with Crippen LogP contribution in [0.15, 0.2) is 4.99 Å². The van der Waals surface area contributed by atoms with E-state index in [-0.39, 0.29) is 37.4 Å². The molecule has 0 saturated carbocycles. The van der Waals surface area contributed by atoms with E-state index in [0.29, 0.717) is 6.42 Å². The van der Waals surface area contributed by atoms with Crippen LogP contribution in [-0.4, -0.2) is 63.0 Å². The molecule has 0 heterocycles. The topological polar surface area (TPSA) is 103 Å². The normalized spacial score (nSPS) is 13.5. The van der Waals surface area contributed by atoms with Crippen LogP contribution in [-0.2, 0) is 9.59 Å². The van der Waals surface area contributed by atoms with Gasteiger partial charge in [-0.05, 0) is 20.2 Å². The number of aliphatic hydroxyl groups is 1. The predicted molar refractivity (Wildman–Crippen MR) is 69.6 cm³/mol. The van der Waals surface area contributed by atoms with Gasteiger partial charge in [0.1, 0.15) is 0 Å². The smallest absolute Gasteiger partial charge is 0.236 e. The highest BCUT2D eigenvalue weighted by Crippen LogP contribution is 1.97. The Morgan fingerprint density at radius 1 is 1.39 bits per heavy atom. The lowest BCUT2D eigenvalue weighted by Gasteiger charge is -2.14. The van der Waals surface area contributed by atoms with E-state index >= 15 is 0 Å². The van der Waals surface area contributed by atoms with Crippen LogP contribution in [0.1, 0.15) is 12.8 Å². The van der Waals surface area contributed by atoms with Gasteiger partial charge in [0.25, 0.3) is 0 Å². The molecule has 7 heteroatoms. The summed E-state index contributed by atoms with van der Waals surface area (Å²) in [6, 6.07) is -0.388. The number of nitrogens with one attached hydrogen (secondary N) is 3. The van der Waals surface area contributed by atoms with E-state index in [2.05, 4.69) is 27.7 Å². The van der Waals surface area contributed by atoms with Gasteiger partial charge >= 0.3 is 0 Å². The summed E-state index contributed by atoms with van der Waals surface area (Å²) in [6.07, 6.45) is -0.101. The van der Waals surface area contributed by atoms with Gasteiger partial charge in [-0.3, -0.25) is 14.6 Å². The molecule has 0 aliphatic carbocycles. The first-order valence-electron chi connectivity index (χ1n) is 5.81. The number of carbonyl (C=O) groups is 2. The molecule has 2 unspecified atom stereocenters. The minimum absolute atomic E-state index is 0.141. The number of amides is 2. The second-order valence-corrected chi connectivity index (χ2v) is 3.86. The molecule has 0 radical (unpaired) electrons. The summed E-state index contributed by atoms with van der Waals surface area (Å²) in [4.78, 5) is 26.3. The van der Waals surface area contributed by atoms with Crippen LogP contribution in [0.2, 0.25) is 0 Å². The highest BCUT2D eigenvalue weighted by Gasteiger charge is 2.16. The van der Waals surface area contributed by atoms with Crippen LogP contribution < -0.4 is 16.0 Å². The molecule has 0 saturated heterocycles. The fraction of sp³-hybridized carbons (Fsp3) is 0.727. The van der Waals surface area contributed by atoms with Crippen molar-refractivity contribution in [2.24, 2.45) is 4.99 Å². The van der Waals surface area contributed by atoms with Gasteiger partial charge in [0.05, 0.1) is 18.7 Å². The van der Waals surface area contributed by atoms with Crippen LogP contribution in [0, 0.1) is 0 Å². The summed E-state index contributed by atoms with van der Waals surface area (Å²) in [7, 11) is 3.21. The Morgan fingerprint density at radius 2 is 2.06 bits per heavy atom. The maximum absolute atomic E-state index is 11.5. The minimum Gasteiger partial charge on any atom is -0.389 e. The molecular weight excluding hydrogens is 236 g/mol. The fourth-order valence-corrected chi connectivity index (χ4v) is 1.39. The van der Waals surface area contributed by atoms with Crippen molar-refractivity contribution in [1.29, 1.82) is 0 Å². The molecule has 0 aromatic heterocycles. The van der Waals surface area contributed by atoms with Gasteiger partial charge < -0.3 is 21.1 Å². The van der Waals surface area contributed by atoms with E-state index in [1.165, 1.54) is 0 Å². The Bertz CT molecular complexity index is 283. The predicted octanol–water partition coefficient (Wildman–Crippen LogP) is -1.72. The van der Waals surface area contributed by atoms with E-state index in [1.54, 1.807) is 14.1 Å². The summed E-state index contributed by atoms with van der Waals surface area (Å²) in [6.45, 7) is 3.58. The highest BCUT2D eigenvalue weighted by molar-refractivity contribution is 5.82. The van der Waals surface area contributed by atoms with Crippen LogP contribution >= 0.6 is 0 Å². The third kappa shape index (κ3) is 6.97. The van der Waals surface area contributed by atoms with E-state index < -0.39 is 6.10 Å². The lowest BCUT2D eigenvalue weighted by Crippen LogP contribution is -2.42. The van der Waals surface area contributed by atoms with Crippen molar-refractivity contribution in [2.45, 2.75) is 25.0 Å². The second kappa shape index (κ2) is 9.55. The largest absolute Gasteiger partial charge is 0.389 e. The molecule has 0 spiro atoms. The number of aliphatic imine (C=N–C) groups is 1. The van der Waals surface area contributed by atoms with Crippen molar-refractivity contribution in [3.8, 4) is 0 Å².